The molecule has 0 aliphatic carbocycles. The highest BCUT2D eigenvalue weighted by molar-refractivity contribution is 7.80. The first-order chi connectivity index (χ1) is 9.38. The van der Waals surface area contributed by atoms with Crippen LogP contribution < -0.4 is 27.5 Å². The number of nitrogens with one attached hydrogen (secondary N) is 5. The van der Waals surface area contributed by atoms with Crippen molar-refractivity contribution in [2.45, 2.75) is 6.17 Å². The Balaban J connectivity index is 2.53. The van der Waals surface area contributed by atoms with E-state index in [4.69, 9.17) is 56.2 Å². The summed E-state index contributed by atoms with van der Waals surface area (Å²) in [6.45, 7) is 1.84. The minimum atomic E-state index is -0.502. The van der Waals surface area contributed by atoms with Crippen molar-refractivity contribution < 1.29 is 9.47 Å². The summed E-state index contributed by atoms with van der Waals surface area (Å²) in [6.07, 6.45) is -0.302. The molecule has 1 fully saturated rings. The quantitative estimate of drug-likeness (QED) is 0.168. The first-order valence-corrected chi connectivity index (χ1v) is 6.32. The van der Waals surface area contributed by atoms with Gasteiger partial charge < -0.3 is 31.6 Å². The molecule has 0 spiro atoms. The van der Waals surface area contributed by atoms with Crippen molar-refractivity contribution in [1.82, 2.24) is 21.1 Å². The fourth-order valence-corrected chi connectivity index (χ4v) is 1.91. The van der Waals surface area contributed by atoms with Crippen molar-refractivity contribution >= 4 is 46.8 Å². The van der Waals surface area contributed by atoms with Gasteiger partial charge in [0, 0.05) is 19.6 Å². The molecule has 0 aromatic rings. The molecule has 1 heterocycles. The minimum absolute atomic E-state index is 0.0311. The van der Waals surface area contributed by atoms with Crippen LogP contribution in [0.3, 0.4) is 0 Å². The van der Waals surface area contributed by atoms with Crippen LogP contribution in [-0.4, -0.2) is 53.2 Å². The Morgan fingerprint density at radius 3 is 2.40 bits per heavy atom. The molecule has 1 aliphatic heterocycles. The molecule has 1 atom stereocenters. The van der Waals surface area contributed by atoms with Crippen LogP contribution in [0.15, 0.2) is 0 Å². The van der Waals surface area contributed by atoms with Gasteiger partial charge in [-0.1, -0.05) is 0 Å². The normalized spacial score (nSPS) is 18.7. The van der Waals surface area contributed by atoms with Crippen molar-refractivity contribution in [1.29, 1.82) is 10.8 Å². The molecule has 12 heteroatoms. The maximum Gasteiger partial charge on any atom is 0.286 e. The molecule has 1 saturated heterocycles. The van der Waals surface area contributed by atoms with Gasteiger partial charge in [0.25, 0.3) is 22.4 Å². The van der Waals surface area contributed by atoms with Gasteiger partial charge in [-0.25, -0.2) is 0 Å². The molecule has 0 bridgehead atoms. The molecule has 0 radical (unpaired) electrons. The lowest BCUT2D eigenvalue weighted by Crippen LogP contribution is -2.64. The van der Waals surface area contributed by atoms with E-state index >= 15 is 0 Å². The lowest BCUT2D eigenvalue weighted by atomic mass is 10.3. The van der Waals surface area contributed by atoms with Crippen LogP contribution in [0.2, 0.25) is 0 Å². The molecule has 112 valence electrons. The van der Waals surface area contributed by atoms with Gasteiger partial charge in [0.05, 0.1) is 0 Å². The third-order valence-electron chi connectivity index (χ3n) is 2.17. The highest BCUT2D eigenvalue weighted by Gasteiger charge is 2.24. The predicted octanol–water partition coefficient (Wildman–Crippen LogP) is -2.30. The van der Waals surface area contributed by atoms with Gasteiger partial charge in [0.15, 0.2) is 0 Å². The number of nitrogens with zero attached hydrogens (tertiary/aromatic N) is 1. The van der Waals surface area contributed by atoms with Gasteiger partial charge >= 0.3 is 0 Å². The number of ether oxygens (including phenoxy) is 2. The van der Waals surface area contributed by atoms with Crippen molar-refractivity contribution in [3.63, 3.8) is 0 Å². The third kappa shape index (κ3) is 5.92. The Kier molecular flexibility index (Phi) is 6.30. The molecule has 1 rings (SSSR count). The summed E-state index contributed by atoms with van der Waals surface area (Å²) in [5.74, 6) is 0. The van der Waals surface area contributed by atoms with Gasteiger partial charge in [0.2, 0.25) is 0 Å². The highest BCUT2D eigenvalue weighted by Crippen LogP contribution is 1.98. The van der Waals surface area contributed by atoms with Crippen LogP contribution in [0.25, 0.3) is 0 Å². The smallest absolute Gasteiger partial charge is 0.286 e. The second-order valence-corrected chi connectivity index (χ2v) is 4.42. The summed E-state index contributed by atoms with van der Waals surface area (Å²) < 4.78 is 9.50. The Hall–Kier alpha value is -1.76. The zero-order valence-electron chi connectivity index (χ0n) is 10.4. The van der Waals surface area contributed by atoms with E-state index in [1.54, 1.807) is 5.01 Å². The molecule has 0 amide bonds. The molecule has 10 nitrogen and oxygen atoms in total. The van der Waals surface area contributed by atoms with Crippen molar-refractivity contribution in [2.24, 2.45) is 11.5 Å². The predicted molar refractivity (Wildman–Crippen MR) is 80.8 cm³/mol. The molecular weight excluding hydrogens is 304 g/mol. The second-order valence-electron chi connectivity index (χ2n) is 3.68. The molecule has 20 heavy (non-hydrogen) atoms. The van der Waals surface area contributed by atoms with E-state index in [0.717, 1.165) is 0 Å². The lowest BCUT2D eigenvalue weighted by molar-refractivity contribution is 0.109. The number of amidine groups is 2. The first kappa shape index (κ1) is 16.3. The van der Waals surface area contributed by atoms with Crippen LogP contribution in [-0.2, 0) is 9.47 Å². The first-order valence-electron chi connectivity index (χ1n) is 5.50. The summed E-state index contributed by atoms with van der Waals surface area (Å²) in [4.78, 5) is 0. The van der Waals surface area contributed by atoms with Gasteiger partial charge in [0.1, 0.15) is 6.17 Å². The van der Waals surface area contributed by atoms with E-state index in [1.807, 2.05) is 0 Å². The number of hydrogen-bond donors (Lipinski definition) is 7. The number of rotatable bonds is 2. The lowest BCUT2D eigenvalue weighted by Gasteiger charge is -2.36. The maximum atomic E-state index is 6.99. The van der Waals surface area contributed by atoms with E-state index in [9.17, 15) is 0 Å². The van der Waals surface area contributed by atoms with Gasteiger partial charge in [-0.2, -0.15) is 5.01 Å². The summed E-state index contributed by atoms with van der Waals surface area (Å²) in [5.41, 5.74) is 12.9. The van der Waals surface area contributed by atoms with Crippen LogP contribution in [0.1, 0.15) is 0 Å². The van der Waals surface area contributed by atoms with Crippen molar-refractivity contribution in [3.05, 3.63) is 0 Å². The Labute approximate surface area is 126 Å². The number of piperazine rings is 1. The third-order valence-corrected chi connectivity index (χ3v) is 2.54. The highest BCUT2D eigenvalue weighted by atomic mass is 32.1. The van der Waals surface area contributed by atoms with E-state index in [0.29, 0.717) is 19.6 Å². The fourth-order valence-electron chi connectivity index (χ4n) is 1.47. The second kappa shape index (κ2) is 7.74. The summed E-state index contributed by atoms with van der Waals surface area (Å²) in [6, 6.07) is -1.00. The molecular formula is C8H16N8O2S2. The van der Waals surface area contributed by atoms with E-state index < -0.39 is 12.0 Å². The zero-order valence-corrected chi connectivity index (χ0v) is 12.1. The number of hydrogen-bond acceptors (Lipinski definition) is 8. The van der Waals surface area contributed by atoms with Gasteiger partial charge in [-0.05, 0) is 24.4 Å². The monoisotopic (exact) mass is 320 g/mol. The van der Waals surface area contributed by atoms with E-state index in [-0.39, 0.29) is 16.5 Å². The van der Waals surface area contributed by atoms with Crippen LogP contribution in [0.5, 0.6) is 0 Å². The van der Waals surface area contributed by atoms with E-state index in [1.165, 1.54) is 0 Å². The summed E-state index contributed by atoms with van der Waals surface area (Å²) in [5, 5.41) is 21.6. The average molecular weight is 320 g/mol. The molecule has 0 saturated carbocycles. The van der Waals surface area contributed by atoms with Crippen molar-refractivity contribution in [3.8, 4) is 0 Å². The number of thiocarbonyl (C=S) groups is 2. The molecule has 0 aromatic carbocycles. The molecule has 1 unspecified atom stereocenters. The Morgan fingerprint density at radius 1 is 1.20 bits per heavy atom. The largest absolute Gasteiger partial charge is 0.399 e. The topological polar surface area (TPSA) is 158 Å². The Morgan fingerprint density at radius 2 is 1.80 bits per heavy atom. The number of nitrogens with two attached hydrogens (primary N) is 2. The van der Waals surface area contributed by atoms with Crippen LogP contribution >= 0.6 is 24.4 Å². The average Bonchev–Trinajstić information content (AvgIpc) is 2.29. The molecule has 1 aliphatic rings. The van der Waals surface area contributed by atoms with Crippen LogP contribution in [0, 0.1) is 10.8 Å². The van der Waals surface area contributed by atoms with Gasteiger partial charge in [-0.3, -0.25) is 16.2 Å². The van der Waals surface area contributed by atoms with Crippen molar-refractivity contribution in [2.75, 3.05) is 19.6 Å². The molecule has 0 aromatic heterocycles. The fraction of sp³-hybridized carbons (Fsp3) is 0.500. The van der Waals surface area contributed by atoms with E-state index in [2.05, 4.69) is 16.1 Å². The standard InChI is InChI=1S/C8H16N8O2S2/c9-5(10)17-7(19)14-4-3-13-1-2-16(4)15-8(20)18-6(11)12/h4,13H,1-3H2,(H3,9,10)(H3,11,12)(H,14,19)(H,15,20). The van der Waals surface area contributed by atoms with Crippen LogP contribution in [0.4, 0.5) is 0 Å². The minimum Gasteiger partial charge on any atom is -0.399 e. The maximum absolute atomic E-state index is 6.99. The van der Waals surface area contributed by atoms with Gasteiger partial charge in [-0.15, -0.1) is 0 Å². The zero-order chi connectivity index (χ0) is 15.1. The summed E-state index contributed by atoms with van der Waals surface area (Å²) >= 11 is 9.78. The molecule has 9 N–H and O–H groups in total. The Bertz CT molecular complexity index is 379. The summed E-state index contributed by atoms with van der Waals surface area (Å²) in [7, 11) is 0. The number of hydrazine groups is 1. The SMILES string of the molecule is N=C(N)OC(=S)NC1CNCCN1NC(=S)OC(=N)N.